The Morgan fingerprint density at radius 2 is 1.42 bits per heavy atom. The van der Waals surface area contributed by atoms with Crippen molar-refractivity contribution in [3.05, 3.63) is 0 Å². The molecule has 0 rings (SSSR count). The molecule has 8 nitrogen and oxygen atoms in total. The Balaban J connectivity index is 0. The number of hydrogen-bond donors (Lipinski definition) is 4. The first kappa shape index (κ1) is 21.0. The summed E-state index contributed by atoms with van der Waals surface area (Å²) in [6.07, 6.45) is -4.60. The number of aliphatic hydroxyl groups is 3. The first-order valence-corrected chi connectivity index (χ1v) is 7.07. The maximum Gasteiger partial charge on any atom is 0.400 e. The average Bonchev–Trinajstić information content (AvgIpc) is 2.14. The van der Waals surface area contributed by atoms with Gasteiger partial charge in [0.1, 0.15) is 6.10 Å². The van der Waals surface area contributed by atoms with Gasteiger partial charge in [-0.25, -0.2) is 8.37 Å². The second-order valence-electron chi connectivity index (χ2n) is 4.17. The number of aliphatic hydroxyl groups excluding tert-OH is 3. The van der Waals surface area contributed by atoms with Crippen LogP contribution < -0.4 is 6.15 Å². The van der Waals surface area contributed by atoms with E-state index >= 15 is 0 Å². The highest BCUT2D eigenvalue weighted by Gasteiger charge is 2.37. The maximum absolute atomic E-state index is 11.4. The van der Waals surface area contributed by atoms with Gasteiger partial charge in [0.05, 0.1) is 24.9 Å². The lowest BCUT2D eigenvalue weighted by molar-refractivity contribution is -0.0775. The fraction of sp³-hybridized carbons (Fsp3) is 1.00. The minimum Gasteiger partial charge on any atom is -0.393 e. The van der Waals surface area contributed by atoms with E-state index in [1.54, 1.807) is 0 Å². The average molecular weight is 303 g/mol. The van der Waals surface area contributed by atoms with Crippen LogP contribution in [0.4, 0.5) is 0 Å². The van der Waals surface area contributed by atoms with E-state index in [9.17, 15) is 23.7 Å². The summed E-state index contributed by atoms with van der Waals surface area (Å²) in [6, 6.07) is 0. The molecule has 118 valence electrons. The second kappa shape index (κ2) is 8.80. The molecule has 6 N–H and O–H groups in total. The monoisotopic (exact) mass is 303 g/mol. The van der Waals surface area contributed by atoms with Gasteiger partial charge in [-0.15, -0.1) is 0 Å². The Bertz CT molecular complexity index is 321. The fourth-order valence-electron chi connectivity index (χ4n) is 1.73. The molecule has 19 heavy (non-hydrogen) atoms. The highest BCUT2D eigenvalue weighted by atomic mass is 32.3. The molecule has 0 spiro atoms. The normalized spacial score (nSPS) is 19.9. The van der Waals surface area contributed by atoms with Crippen molar-refractivity contribution >= 4 is 10.4 Å². The summed E-state index contributed by atoms with van der Waals surface area (Å²) in [6.45, 7) is 5.43. The lowest BCUT2D eigenvalue weighted by Gasteiger charge is -2.32. The molecule has 0 aliphatic rings. The minimum atomic E-state index is -4.27. The topological polar surface area (TPSA) is 148 Å². The number of rotatable bonds is 8. The lowest BCUT2D eigenvalue weighted by atomic mass is 9.89. The quantitative estimate of drug-likeness (QED) is 0.472. The van der Waals surface area contributed by atoms with Gasteiger partial charge in [0, 0.05) is 5.92 Å². The van der Waals surface area contributed by atoms with E-state index in [2.05, 4.69) is 4.18 Å². The third kappa shape index (κ3) is 7.16. The van der Waals surface area contributed by atoms with Crippen molar-refractivity contribution in [1.82, 2.24) is 6.15 Å². The Morgan fingerprint density at radius 3 is 1.68 bits per heavy atom. The van der Waals surface area contributed by atoms with Gasteiger partial charge in [0.15, 0.2) is 0 Å². The van der Waals surface area contributed by atoms with Gasteiger partial charge < -0.3 is 21.5 Å². The lowest BCUT2D eigenvalue weighted by Crippen LogP contribution is -2.46. The van der Waals surface area contributed by atoms with Gasteiger partial charge in [-0.2, -0.15) is 8.42 Å². The molecular formula is C10H25NO7S. The number of hydrogen-bond acceptors (Lipinski definition) is 8. The molecule has 0 radical (unpaired) electrons. The molecule has 0 aromatic rings. The van der Waals surface area contributed by atoms with E-state index in [0.717, 1.165) is 0 Å². The van der Waals surface area contributed by atoms with Crippen molar-refractivity contribution < 1.29 is 32.1 Å². The predicted octanol–water partition coefficient (Wildman–Crippen LogP) is -0.426. The molecule has 4 unspecified atom stereocenters. The molecule has 0 saturated carbocycles. The van der Waals surface area contributed by atoms with Crippen molar-refractivity contribution in [3.63, 3.8) is 0 Å². The predicted molar refractivity (Wildman–Crippen MR) is 69.0 cm³/mol. The van der Waals surface area contributed by atoms with Gasteiger partial charge in [0.2, 0.25) is 0 Å². The van der Waals surface area contributed by atoms with Crippen LogP contribution in [0.5, 0.6) is 0 Å². The third-order valence-electron chi connectivity index (χ3n) is 2.46. The Labute approximate surface area is 114 Å². The standard InChI is InChI=1S/C10H22O7S.H3N/c1-5-16-18(14,15)17-10(8(4)13)9(6(2)11)7(3)12;/h6-13H,5H2,1-4H3;1H3. The van der Waals surface area contributed by atoms with E-state index < -0.39 is 40.7 Å². The van der Waals surface area contributed by atoms with Crippen LogP contribution in [0.25, 0.3) is 0 Å². The summed E-state index contributed by atoms with van der Waals surface area (Å²) in [5, 5.41) is 28.6. The molecule has 0 amide bonds. The van der Waals surface area contributed by atoms with Crippen molar-refractivity contribution in [2.24, 2.45) is 5.92 Å². The van der Waals surface area contributed by atoms with Crippen LogP contribution in [0, 0.1) is 5.92 Å². The fourth-order valence-corrected chi connectivity index (χ4v) is 2.63. The second-order valence-corrected chi connectivity index (χ2v) is 5.42. The van der Waals surface area contributed by atoms with Crippen LogP contribution in [-0.2, 0) is 18.8 Å². The summed E-state index contributed by atoms with van der Waals surface area (Å²) >= 11 is 0. The molecule has 0 aromatic carbocycles. The zero-order valence-electron chi connectivity index (χ0n) is 11.7. The molecule has 0 fully saturated rings. The molecule has 4 atom stereocenters. The Hall–Kier alpha value is -0.290. The molecule has 0 saturated heterocycles. The molecule has 0 aliphatic carbocycles. The maximum atomic E-state index is 11.4. The van der Waals surface area contributed by atoms with E-state index in [1.165, 1.54) is 27.7 Å². The van der Waals surface area contributed by atoms with Crippen molar-refractivity contribution in [2.45, 2.75) is 52.1 Å². The minimum absolute atomic E-state index is 0. The van der Waals surface area contributed by atoms with Crippen LogP contribution in [0.1, 0.15) is 27.7 Å². The van der Waals surface area contributed by atoms with E-state index in [1.807, 2.05) is 0 Å². The van der Waals surface area contributed by atoms with Crippen LogP contribution in [0.15, 0.2) is 0 Å². The molecule has 0 aromatic heterocycles. The Kier molecular flexibility index (Phi) is 9.73. The van der Waals surface area contributed by atoms with Gasteiger partial charge >= 0.3 is 10.4 Å². The van der Waals surface area contributed by atoms with Crippen LogP contribution in [-0.4, -0.2) is 54.8 Å². The van der Waals surface area contributed by atoms with Crippen molar-refractivity contribution in [1.29, 1.82) is 0 Å². The van der Waals surface area contributed by atoms with Crippen LogP contribution >= 0.6 is 0 Å². The molecule has 0 heterocycles. The molecular weight excluding hydrogens is 278 g/mol. The Morgan fingerprint density at radius 1 is 1.00 bits per heavy atom. The van der Waals surface area contributed by atoms with Crippen molar-refractivity contribution in [2.75, 3.05) is 6.61 Å². The smallest absolute Gasteiger partial charge is 0.393 e. The van der Waals surface area contributed by atoms with Gasteiger partial charge in [-0.3, -0.25) is 0 Å². The van der Waals surface area contributed by atoms with Crippen LogP contribution in [0.3, 0.4) is 0 Å². The first-order valence-electron chi connectivity index (χ1n) is 5.74. The van der Waals surface area contributed by atoms with Gasteiger partial charge in [0.25, 0.3) is 0 Å². The summed E-state index contributed by atoms with van der Waals surface area (Å²) < 4.78 is 31.9. The third-order valence-corrected chi connectivity index (χ3v) is 3.44. The summed E-state index contributed by atoms with van der Waals surface area (Å²) in [5.74, 6) is -0.958. The van der Waals surface area contributed by atoms with E-state index in [0.29, 0.717) is 0 Å². The van der Waals surface area contributed by atoms with Crippen molar-refractivity contribution in [3.8, 4) is 0 Å². The van der Waals surface area contributed by atoms with Gasteiger partial charge in [-0.1, -0.05) is 0 Å². The highest BCUT2D eigenvalue weighted by molar-refractivity contribution is 7.81. The van der Waals surface area contributed by atoms with Crippen LogP contribution in [0.2, 0.25) is 0 Å². The SMILES string of the molecule is CCOS(=O)(=O)OC(C(C)O)C(C(C)O)C(C)O.N. The summed E-state index contributed by atoms with van der Waals surface area (Å²) in [5.41, 5.74) is 0. The molecule has 0 aliphatic heterocycles. The molecule has 0 bridgehead atoms. The highest BCUT2D eigenvalue weighted by Crippen LogP contribution is 2.22. The first-order chi connectivity index (χ1) is 8.12. The van der Waals surface area contributed by atoms with E-state index in [4.69, 9.17) is 4.18 Å². The summed E-state index contributed by atoms with van der Waals surface area (Å²) in [7, 11) is -4.27. The zero-order chi connectivity index (χ0) is 14.5. The van der Waals surface area contributed by atoms with E-state index in [-0.39, 0.29) is 12.8 Å². The largest absolute Gasteiger partial charge is 0.400 e. The zero-order valence-corrected chi connectivity index (χ0v) is 12.5. The van der Waals surface area contributed by atoms with Gasteiger partial charge in [-0.05, 0) is 27.7 Å². The summed E-state index contributed by atoms with van der Waals surface area (Å²) in [4.78, 5) is 0. The molecule has 9 heteroatoms.